The summed E-state index contributed by atoms with van der Waals surface area (Å²) < 4.78 is 13.5. The Morgan fingerprint density at radius 3 is 2.38 bits per heavy atom. The van der Waals surface area contributed by atoms with Gasteiger partial charge in [0, 0.05) is 39.6 Å². The first-order valence-corrected chi connectivity index (χ1v) is 6.61. The zero-order valence-corrected chi connectivity index (χ0v) is 12.4. The number of pyridine rings is 1. The Balaban J connectivity index is 2.09. The van der Waals surface area contributed by atoms with Crippen molar-refractivity contribution >= 4 is 11.6 Å². The van der Waals surface area contributed by atoms with Gasteiger partial charge in [0.15, 0.2) is 0 Å². The molecule has 5 heteroatoms. The van der Waals surface area contributed by atoms with Gasteiger partial charge in [-0.1, -0.05) is 12.1 Å². The molecule has 2 aromatic rings. The Morgan fingerprint density at radius 2 is 1.81 bits per heavy atom. The topological polar surface area (TPSA) is 36.4 Å². The first kappa shape index (κ1) is 15.0. The lowest BCUT2D eigenvalue weighted by Crippen LogP contribution is -2.27. The minimum absolute atomic E-state index is 0.00934. The Bertz CT molecular complexity index is 626. The third-order valence-corrected chi connectivity index (χ3v) is 3.21. The van der Waals surface area contributed by atoms with Gasteiger partial charge in [0.25, 0.3) is 5.91 Å². The molecule has 0 spiro atoms. The van der Waals surface area contributed by atoms with Crippen LogP contribution in [0.5, 0.6) is 0 Å². The van der Waals surface area contributed by atoms with Gasteiger partial charge in [0.2, 0.25) is 5.95 Å². The lowest BCUT2D eigenvalue weighted by molar-refractivity contribution is 0.0779. The summed E-state index contributed by atoms with van der Waals surface area (Å²) in [4.78, 5) is 19.2. The monoisotopic (exact) mass is 287 g/mol. The highest BCUT2D eigenvalue weighted by molar-refractivity contribution is 5.93. The molecule has 0 unspecified atom stereocenters. The zero-order chi connectivity index (χ0) is 15.4. The Hall–Kier alpha value is -2.43. The van der Waals surface area contributed by atoms with E-state index >= 15 is 0 Å². The number of nitrogens with zero attached hydrogens (tertiary/aromatic N) is 3. The molecule has 0 radical (unpaired) electrons. The maximum absolute atomic E-state index is 13.5. The van der Waals surface area contributed by atoms with Crippen molar-refractivity contribution in [2.75, 3.05) is 26.0 Å². The summed E-state index contributed by atoms with van der Waals surface area (Å²) in [7, 11) is 5.58. The quantitative estimate of drug-likeness (QED) is 0.811. The summed E-state index contributed by atoms with van der Waals surface area (Å²) in [5, 5.41) is 0. The molecule has 0 bridgehead atoms. The van der Waals surface area contributed by atoms with Crippen molar-refractivity contribution in [3.8, 4) is 0 Å². The fourth-order valence-electron chi connectivity index (χ4n) is 2.00. The van der Waals surface area contributed by atoms with Gasteiger partial charge in [-0.15, -0.1) is 0 Å². The third-order valence-electron chi connectivity index (χ3n) is 3.21. The minimum atomic E-state index is -0.739. The second kappa shape index (κ2) is 6.35. The van der Waals surface area contributed by atoms with Crippen LogP contribution in [0, 0.1) is 5.95 Å². The van der Waals surface area contributed by atoms with Gasteiger partial charge in [-0.05, 0) is 29.8 Å². The standard InChI is InChI=1S/C16H18FN3O/c1-19(2)13-8-6-12(7-9-13)11-20(3)16(21)14-5-4-10-18-15(14)17/h4-10H,11H2,1-3H3. The number of rotatable bonds is 4. The molecule has 2 rings (SSSR count). The first-order chi connectivity index (χ1) is 9.99. The SMILES string of the molecule is CN(Cc1ccc(N(C)C)cc1)C(=O)c1cccnc1F. The van der Waals surface area contributed by atoms with Gasteiger partial charge in [-0.25, -0.2) is 4.98 Å². The molecule has 0 atom stereocenters. The molecule has 0 aliphatic heterocycles. The predicted octanol–water partition coefficient (Wildman–Crippen LogP) is 2.56. The number of aromatic nitrogens is 1. The average molecular weight is 287 g/mol. The molecule has 0 saturated heterocycles. The summed E-state index contributed by atoms with van der Waals surface area (Å²) >= 11 is 0. The molecule has 0 saturated carbocycles. The molecule has 1 amide bonds. The molecule has 0 fully saturated rings. The van der Waals surface area contributed by atoms with Crippen LogP contribution in [0.25, 0.3) is 0 Å². The van der Waals surface area contributed by atoms with Gasteiger partial charge in [-0.3, -0.25) is 4.79 Å². The van der Waals surface area contributed by atoms with E-state index in [1.807, 2.05) is 43.3 Å². The number of carbonyl (C=O) groups is 1. The summed E-state index contributed by atoms with van der Waals surface area (Å²) in [6.07, 6.45) is 1.33. The van der Waals surface area contributed by atoms with Crippen LogP contribution >= 0.6 is 0 Å². The maximum atomic E-state index is 13.5. The molecule has 21 heavy (non-hydrogen) atoms. The molecule has 0 aliphatic rings. The van der Waals surface area contributed by atoms with E-state index in [0.29, 0.717) is 6.54 Å². The summed E-state index contributed by atoms with van der Waals surface area (Å²) in [6, 6.07) is 10.9. The lowest BCUT2D eigenvalue weighted by Gasteiger charge is -2.18. The molecule has 1 aromatic carbocycles. The van der Waals surface area contributed by atoms with Crippen molar-refractivity contribution in [1.29, 1.82) is 0 Å². The van der Waals surface area contributed by atoms with Crippen molar-refractivity contribution in [2.45, 2.75) is 6.54 Å². The van der Waals surface area contributed by atoms with Crippen molar-refractivity contribution < 1.29 is 9.18 Å². The van der Waals surface area contributed by atoms with Crippen LogP contribution in [0.4, 0.5) is 10.1 Å². The molecular weight excluding hydrogens is 269 g/mol. The van der Waals surface area contributed by atoms with E-state index in [0.717, 1.165) is 11.3 Å². The highest BCUT2D eigenvalue weighted by Crippen LogP contribution is 2.15. The Labute approximate surface area is 123 Å². The largest absolute Gasteiger partial charge is 0.378 e. The van der Waals surface area contributed by atoms with Crippen LogP contribution in [0.15, 0.2) is 42.6 Å². The molecule has 1 aromatic heterocycles. The smallest absolute Gasteiger partial charge is 0.258 e. The number of amides is 1. The highest BCUT2D eigenvalue weighted by atomic mass is 19.1. The van der Waals surface area contributed by atoms with Crippen LogP contribution < -0.4 is 4.90 Å². The van der Waals surface area contributed by atoms with Crippen LogP contribution in [0.3, 0.4) is 0 Å². The number of carbonyl (C=O) groups excluding carboxylic acids is 1. The third kappa shape index (κ3) is 3.56. The summed E-state index contributed by atoms with van der Waals surface area (Å²) in [5.74, 6) is -1.12. The Morgan fingerprint density at radius 1 is 1.14 bits per heavy atom. The second-order valence-electron chi connectivity index (χ2n) is 5.06. The van der Waals surface area contributed by atoms with E-state index in [9.17, 15) is 9.18 Å². The zero-order valence-electron chi connectivity index (χ0n) is 12.4. The van der Waals surface area contributed by atoms with Crippen LogP contribution in [-0.4, -0.2) is 36.9 Å². The fourth-order valence-corrected chi connectivity index (χ4v) is 2.00. The van der Waals surface area contributed by atoms with E-state index in [-0.39, 0.29) is 11.5 Å². The van der Waals surface area contributed by atoms with Crippen LogP contribution in [0.2, 0.25) is 0 Å². The number of benzene rings is 1. The molecule has 4 nitrogen and oxygen atoms in total. The van der Waals surface area contributed by atoms with E-state index in [1.54, 1.807) is 13.1 Å². The van der Waals surface area contributed by atoms with Crippen molar-refractivity contribution in [1.82, 2.24) is 9.88 Å². The lowest BCUT2D eigenvalue weighted by atomic mass is 10.1. The average Bonchev–Trinajstić information content (AvgIpc) is 2.47. The molecule has 0 N–H and O–H groups in total. The normalized spacial score (nSPS) is 10.3. The van der Waals surface area contributed by atoms with Gasteiger partial charge >= 0.3 is 0 Å². The fraction of sp³-hybridized carbons (Fsp3) is 0.250. The number of anilines is 1. The summed E-state index contributed by atoms with van der Waals surface area (Å²) in [6.45, 7) is 0.418. The van der Waals surface area contributed by atoms with E-state index in [4.69, 9.17) is 0 Å². The Kier molecular flexibility index (Phi) is 4.52. The number of halogens is 1. The van der Waals surface area contributed by atoms with Gasteiger partial charge in [0.1, 0.15) is 0 Å². The van der Waals surface area contributed by atoms with Crippen molar-refractivity contribution in [2.24, 2.45) is 0 Å². The van der Waals surface area contributed by atoms with Crippen LogP contribution in [0.1, 0.15) is 15.9 Å². The summed E-state index contributed by atoms with van der Waals surface area (Å²) in [5.41, 5.74) is 2.07. The van der Waals surface area contributed by atoms with E-state index in [1.165, 1.54) is 17.2 Å². The van der Waals surface area contributed by atoms with Gasteiger partial charge in [-0.2, -0.15) is 4.39 Å². The second-order valence-corrected chi connectivity index (χ2v) is 5.06. The molecule has 1 heterocycles. The molecular formula is C16H18FN3O. The number of hydrogen-bond acceptors (Lipinski definition) is 3. The van der Waals surface area contributed by atoms with E-state index in [2.05, 4.69) is 4.98 Å². The highest BCUT2D eigenvalue weighted by Gasteiger charge is 2.16. The van der Waals surface area contributed by atoms with Crippen molar-refractivity contribution in [3.63, 3.8) is 0 Å². The number of hydrogen-bond donors (Lipinski definition) is 0. The molecule has 0 aliphatic carbocycles. The van der Waals surface area contributed by atoms with Gasteiger partial charge < -0.3 is 9.80 Å². The maximum Gasteiger partial charge on any atom is 0.258 e. The van der Waals surface area contributed by atoms with Crippen LogP contribution in [-0.2, 0) is 6.54 Å². The first-order valence-electron chi connectivity index (χ1n) is 6.61. The van der Waals surface area contributed by atoms with Gasteiger partial charge in [0.05, 0.1) is 5.56 Å². The minimum Gasteiger partial charge on any atom is -0.378 e. The predicted molar refractivity (Wildman–Crippen MR) is 80.8 cm³/mol. The molecule has 110 valence electrons. The van der Waals surface area contributed by atoms with E-state index < -0.39 is 5.95 Å². The van der Waals surface area contributed by atoms with Crippen molar-refractivity contribution in [3.05, 3.63) is 59.7 Å².